The molecule has 1 aliphatic carbocycles. The van der Waals surface area contributed by atoms with Crippen LogP contribution in [-0.2, 0) is 4.74 Å². The zero-order valence-corrected chi connectivity index (χ0v) is 11.1. The molecule has 0 bridgehead atoms. The van der Waals surface area contributed by atoms with E-state index in [1.165, 1.54) is 45.2 Å². The lowest BCUT2D eigenvalue weighted by atomic mass is 9.94. The van der Waals surface area contributed by atoms with Crippen LogP contribution in [0.15, 0.2) is 0 Å². The molecule has 0 radical (unpaired) electrons. The normalized spacial score (nSPS) is 34.6. The highest BCUT2D eigenvalue weighted by Gasteiger charge is 2.37. The van der Waals surface area contributed by atoms with E-state index in [1.54, 1.807) is 7.11 Å². The number of unbranched alkanes of at least 4 members (excludes halogenated alkanes) is 1. The van der Waals surface area contributed by atoms with Crippen molar-refractivity contribution in [1.29, 1.82) is 0 Å². The van der Waals surface area contributed by atoms with Gasteiger partial charge in [0.1, 0.15) is 0 Å². The smallest absolute Gasteiger partial charge is 0.0583 e. The number of ether oxygens (including phenoxy) is 1. The van der Waals surface area contributed by atoms with Gasteiger partial charge in [0.05, 0.1) is 6.10 Å². The lowest BCUT2D eigenvalue weighted by Gasteiger charge is -2.31. The van der Waals surface area contributed by atoms with E-state index in [-0.39, 0.29) is 6.10 Å². The fourth-order valence-electron chi connectivity index (χ4n) is 3.59. The van der Waals surface area contributed by atoms with Crippen LogP contribution in [0.1, 0.15) is 44.9 Å². The molecular formula is C14H27NO2. The van der Waals surface area contributed by atoms with Crippen LogP contribution in [0.3, 0.4) is 0 Å². The molecule has 2 aliphatic rings. The third-order valence-electron chi connectivity index (χ3n) is 4.48. The van der Waals surface area contributed by atoms with Gasteiger partial charge in [-0.25, -0.2) is 0 Å². The predicted octanol–water partition coefficient (Wildman–Crippen LogP) is 2.04. The first kappa shape index (κ1) is 13.3. The molecule has 0 aromatic carbocycles. The maximum atomic E-state index is 10.0. The van der Waals surface area contributed by atoms with Crippen LogP contribution in [0, 0.1) is 5.92 Å². The molecule has 3 heteroatoms. The Bertz CT molecular complexity index is 222. The summed E-state index contributed by atoms with van der Waals surface area (Å²) in [6, 6.07) is 0.662. The van der Waals surface area contributed by atoms with Gasteiger partial charge in [-0.1, -0.05) is 6.42 Å². The molecule has 3 atom stereocenters. The minimum absolute atomic E-state index is 0.0282. The topological polar surface area (TPSA) is 32.7 Å². The second kappa shape index (κ2) is 6.72. The Morgan fingerprint density at radius 2 is 2.06 bits per heavy atom. The molecule has 0 amide bonds. The maximum absolute atomic E-state index is 10.0. The van der Waals surface area contributed by atoms with E-state index >= 15 is 0 Å². The van der Waals surface area contributed by atoms with Crippen LogP contribution >= 0.6 is 0 Å². The first-order chi connectivity index (χ1) is 8.33. The van der Waals surface area contributed by atoms with Crippen molar-refractivity contribution in [1.82, 2.24) is 4.90 Å². The van der Waals surface area contributed by atoms with Crippen LogP contribution in [0.25, 0.3) is 0 Å². The summed E-state index contributed by atoms with van der Waals surface area (Å²) >= 11 is 0. The largest absolute Gasteiger partial charge is 0.393 e. The molecule has 1 N–H and O–H groups in total. The molecule has 2 fully saturated rings. The number of hydrogen-bond acceptors (Lipinski definition) is 3. The Hall–Kier alpha value is -0.120. The minimum atomic E-state index is -0.0282. The van der Waals surface area contributed by atoms with Crippen molar-refractivity contribution in [2.75, 3.05) is 26.8 Å². The Morgan fingerprint density at radius 3 is 2.76 bits per heavy atom. The number of likely N-dealkylation sites (tertiary alicyclic amines) is 1. The molecule has 100 valence electrons. The highest BCUT2D eigenvalue weighted by molar-refractivity contribution is 4.91. The van der Waals surface area contributed by atoms with Crippen molar-refractivity contribution in [2.45, 2.75) is 57.1 Å². The summed E-state index contributed by atoms with van der Waals surface area (Å²) in [6.07, 6.45) is 8.46. The van der Waals surface area contributed by atoms with Gasteiger partial charge in [0.25, 0.3) is 0 Å². The van der Waals surface area contributed by atoms with Crippen molar-refractivity contribution in [2.24, 2.45) is 5.92 Å². The second-order valence-corrected chi connectivity index (χ2v) is 5.61. The fraction of sp³-hybridized carbons (Fsp3) is 1.00. The fourth-order valence-corrected chi connectivity index (χ4v) is 3.59. The average molecular weight is 241 g/mol. The Kier molecular flexibility index (Phi) is 5.26. The quantitative estimate of drug-likeness (QED) is 0.722. The lowest BCUT2D eigenvalue weighted by molar-refractivity contribution is 0.0729. The Morgan fingerprint density at radius 1 is 1.18 bits per heavy atom. The highest BCUT2D eigenvalue weighted by Crippen LogP contribution is 2.35. The van der Waals surface area contributed by atoms with Crippen LogP contribution in [-0.4, -0.2) is 49.0 Å². The van der Waals surface area contributed by atoms with Crippen LogP contribution in [0.5, 0.6) is 0 Å². The number of rotatable bonds is 6. The highest BCUT2D eigenvalue weighted by atomic mass is 16.5. The van der Waals surface area contributed by atoms with E-state index in [2.05, 4.69) is 4.90 Å². The molecule has 1 heterocycles. The third-order valence-corrected chi connectivity index (χ3v) is 4.48. The number of methoxy groups -OCH3 is 1. The molecule has 0 spiro atoms. The van der Waals surface area contributed by atoms with Crippen molar-refractivity contribution in [3.05, 3.63) is 0 Å². The zero-order chi connectivity index (χ0) is 12.1. The van der Waals surface area contributed by atoms with Crippen LogP contribution in [0.2, 0.25) is 0 Å². The van der Waals surface area contributed by atoms with E-state index in [0.717, 1.165) is 19.4 Å². The van der Waals surface area contributed by atoms with Gasteiger partial charge in [0.15, 0.2) is 0 Å². The van der Waals surface area contributed by atoms with E-state index in [9.17, 15) is 5.11 Å². The van der Waals surface area contributed by atoms with Crippen LogP contribution in [0.4, 0.5) is 0 Å². The van der Waals surface area contributed by atoms with Gasteiger partial charge in [0.2, 0.25) is 0 Å². The van der Waals surface area contributed by atoms with Gasteiger partial charge in [-0.3, -0.25) is 0 Å². The standard InChI is InChI=1S/C14H27NO2/c1-17-11-3-2-9-15-10-5-7-13(15)12-6-4-8-14(12)16/h12-14,16H,2-11H2,1H3. The summed E-state index contributed by atoms with van der Waals surface area (Å²) in [4.78, 5) is 2.62. The van der Waals surface area contributed by atoms with Crippen LogP contribution < -0.4 is 0 Å². The van der Waals surface area contributed by atoms with Crippen molar-refractivity contribution in [3.8, 4) is 0 Å². The molecule has 3 unspecified atom stereocenters. The van der Waals surface area contributed by atoms with Gasteiger partial charge in [0, 0.05) is 25.7 Å². The lowest BCUT2D eigenvalue weighted by Crippen LogP contribution is -2.39. The molecule has 17 heavy (non-hydrogen) atoms. The van der Waals surface area contributed by atoms with Gasteiger partial charge in [-0.2, -0.15) is 0 Å². The number of hydrogen-bond donors (Lipinski definition) is 1. The first-order valence-corrected chi connectivity index (χ1v) is 7.24. The third kappa shape index (κ3) is 3.43. The molecular weight excluding hydrogens is 214 g/mol. The minimum Gasteiger partial charge on any atom is -0.393 e. The van der Waals surface area contributed by atoms with E-state index in [0.29, 0.717) is 12.0 Å². The SMILES string of the molecule is COCCCCN1CCCC1C1CCCC1O. The van der Waals surface area contributed by atoms with E-state index in [1.807, 2.05) is 0 Å². The summed E-state index contributed by atoms with van der Waals surface area (Å²) < 4.78 is 5.09. The second-order valence-electron chi connectivity index (χ2n) is 5.61. The Labute approximate surface area is 105 Å². The van der Waals surface area contributed by atoms with Gasteiger partial charge in [-0.15, -0.1) is 0 Å². The summed E-state index contributed by atoms with van der Waals surface area (Å²) in [6.45, 7) is 3.31. The van der Waals surface area contributed by atoms with E-state index in [4.69, 9.17) is 4.74 Å². The zero-order valence-electron chi connectivity index (χ0n) is 11.1. The molecule has 3 nitrogen and oxygen atoms in total. The average Bonchev–Trinajstić information content (AvgIpc) is 2.93. The number of aliphatic hydroxyl groups excluding tert-OH is 1. The molecule has 0 aromatic heterocycles. The van der Waals surface area contributed by atoms with Gasteiger partial charge in [-0.05, 0) is 51.6 Å². The molecule has 1 saturated heterocycles. The van der Waals surface area contributed by atoms with E-state index < -0.39 is 0 Å². The summed E-state index contributed by atoms with van der Waals surface area (Å²) in [5.74, 6) is 0.555. The monoisotopic (exact) mass is 241 g/mol. The first-order valence-electron chi connectivity index (χ1n) is 7.24. The predicted molar refractivity (Wildman–Crippen MR) is 69.1 cm³/mol. The maximum Gasteiger partial charge on any atom is 0.0583 e. The molecule has 0 aromatic rings. The van der Waals surface area contributed by atoms with Crippen molar-refractivity contribution < 1.29 is 9.84 Å². The number of nitrogens with zero attached hydrogens (tertiary/aromatic N) is 1. The molecule has 1 aliphatic heterocycles. The summed E-state index contributed by atoms with van der Waals surface area (Å²) in [5.41, 5.74) is 0. The molecule has 2 rings (SSSR count). The summed E-state index contributed by atoms with van der Waals surface area (Å²) in [5, 5.41) is 10.0. The number of aliphatic hydroxyl groups is 1. The molecule has 1 saturated carbocycles. The van der Waals surface area contributed by atoms with Gasteiger partial charge >= 0.3 is 0 Å². The van der Waals surface area contributed by atoms with Crippen molar-refractivity contribution >= 4 is 0 Å². The Balaban J connectivity index is 1.76. The summed E-state index contributed by atoms with van der Waals surface area (Å²) in [7, 11) is 1.77. The van der Waals surface area contributed by atoms with Gasteiger partial charge < -0.3 is 14.7 Å². The van der Waals surface area contributed by atoms with Crippen molar-refractivity contribution in [3.63, 3.8) is 0 Å².